The maximum absolute atomic E-state index is 7.34. The number of fused-ring (bicyclic) bond motifs is 15. The topological polar surface area (TPSA) is 19.6 Å². The van der Waals surface area contributed by atoms with Gasteiger partial charge in [0.05, 0.1) is 5.69 Å². The van der Waals surface area contributed by atoms with Gasteiger partial charge in [-0.25, -0.2) is 0 Å². The van der Waals surface area contributed by atoms with Gasteiger partial charge in [0.25, 0.3) is 0 Å². The molecule has 9 aromatic rings. The monoisotopic (exact) mass is 961 g/mol. The average molecular weight is 961 g/mol. The molecule has 2 aromatic heterocycles. The van der Waals surface area contributed by atoms with E-state index in [0.717, 1.165) is 30.4 Å². The van der Waals surface area contributed by atoms with E-state index in [4.69, 9.17) is 4.42 Å². The number of thiophene rings is 1. The SMILES string of the molecule is Cc1cc2c(cc1N1c3cc4c(oc5ccccc54)c4c3B(c3ccc5sc6ccccc6c5c31)N(c1ccc3c(c1)C(C)(C)CCC3(C)C)c1cc3c(cc1-4)C(C)(C)CCC3(C)C)C(C)(C)CCC2(C)C. The third kappa shape index (κ3) is 5.98. The number of hydrogen-bond donors (Lipinski definition) is 0. The summed E-state index contributed by atoms with van der Waals surface area (Å²) in [6.45, 7) is 32.0. The Labute approximate surface area is 431 Å². The fourth-order valence-electron chi connectivity index (χ4n) is 14.8. The van der Waals surface area contributed by atoms with Crippen LogP contribution in [0.15, 0.2) is 114 Å². The van der Waals surface area contributed by atoms with Gasteiger partial charge < -0.3 is 14.1 Å². The predicted octanol–water partition coefficient (Wildman–Crippen LogP) is 18.0. The zero-order valence-electron chi connectivity index (χ0n) is 44.9. The molecule has 5 heteroatoms. The second-order valence-corrected chi connectivity index (χ2v) is 28.0. The third-order valence-corrected chi connectivity index (χ3v) is 20.7. The lowest BCUT2D eigenvalue weighted by Crippen LogP contribution is -2.61. The summed E-state index contributed by atoms with van der Waals surface area (Å²) in [6.07, 6.45) is 7.00. The summed E-state index contributed by atoms with van der Waals surface area (Å²) in [5.74, 6) is 0. The quantitative estimate of drug-likeness (QED) is 0.161. The molecule has 5 aliphatic rings. The molecule has 14 rings (SSSR count). The van der Waals surface area contributed by atoms with Crippen molar-refractivity contribution in [2.75, 3.05) is 9.71 Å². The lowest BCUT2D eigenvalue weighted by molar-refractivity contribution is 0.332. The lowest BCUT2D eigenvalue weighted by atomic mass is 9.43. The summed E-state index contributed by atoms with van der Waals surface area (Å²) in [5.41, 5.74) is 24.1. The minimum Gasteiger partial charge on any atom is -0.455 e. The van der Waals surface area contributed by atoms with Crippen molar-refractivity contribution >= 4 is 99.7 Å². The fraction of sp³-hybridized carbons (Fsp3) is 0.373. The van der Waals surface area contributed by atoms with E-state index < -0.39 is 0 Å². The van der Waals surface area contributed by atoms with Crippen molar-refractivity contribution in [1.29, 1.82) is 0 Å². The van der Waals surface area contributed by atoms with Gasteiger partial charge in [-0.05, 0) is 182 Å². The van der Waals surface area contributed by atoms with Crippen LogP contribution in [0.25, 0.3) is 53.2 Å². The molecule has 0 saturated carbocycles. The Balaban J connectivity index is 1.19. The highest BCUT2D eigenvalue weighted by Crippen LogP contribution is 2.58. The van der Waals surface area contributed by atoms with Crippen LogP contribution in [0.5, 0.6) is 0 Å². The Hall–Kier alpha value is -5.78. The van der Waals surface area contributed by atoms with Crippen LogP contribution < -0.4 is 20.6 Å². The van der Waals surface area contributed by atoms with E-state index in [1.165, 1.54) is 140 Å². The highest BCUT2D eigenvalue weighted by molar-refractivity contribution is 7.26. The fourth-order valence-corrected chi connectivity index (χ4v) is 15.9. The van der Waals surface area contributed by atoms with Gasteiger partial charge in [0.15, 0.2) is 0 Å². The van der Waals surface area contributed by atoms with Crippen LogP contribution in [0.3, 0.4) is 0 Å². The zero-order chi connectivity index (χ0) is 50.0. The zero-order valence-corrected chi connectivity index (χ0v) is 45.7. The number of furan rings is 1. The normalized spacial score (nSPS) is 20.3. The van der Waals surface area contributed by atoms with Gasteiger partial charge in [-0.2, -0.15) is 0 Å². The maximum Gasteiger partial charge on any atom is 0.333 e. The van der Waals surface area contributed by atoms with Gasteiger partial charge in [-0.1, -0.05) is 138 Å². The number of aryl methyl sites for hydroxylation is 1. The Bertz CT molecular complexity index is 3870. The molecule has 7 aromatic carbocycles. The standard InChI is InChI=1S/C67H69BN2OS/c1-38-32-45-48(66(10,11)30-28-63(45,4)5)36-51(38)69-53-35-42-40-18-14-16-20-54(40)71-61(42)58-43-34-47-49(67(12,13)31-29-65(47,8)9)37-52(43)70(39-22-23-44-46(33-39)64(6,7)27-26-62(44,2)3)68(59(53)58)50-24-25-56-57(60(50)69)41-19-15-17-21-55(41)72-56/h14-25,32-37H,26-31H2,1-13H3. The summed E-state index contributed by atoms with van der Waals surface area (Å²) >= 11 is 1.93. The molecule has 0 spiro atoms. The molecule has 3 nitrogen and oxygen atoms in total. The molecule has 2 aliphatic heterocycles. The number of para-hydroxylation sites is 1. The highest BCUT2D eigenvalue weighted by Gasteiger charge is 2.50. The van der Waals surface area contributed by atoms with Crippen molar-refractivity contribution in [3.05, 3.63) is 148 Å². The number of benzene rings is 7. The molecule has 362 valence electrons. The molecule has 0 radical (unpaired) electrons. The first-order valence-electron chi connectivity index (χ1n) is 27.1. The van der Waals surface area contributed by atoms with Crippen LogP contribution in [-0.4, -0.2) is 6.85 Å². The molecule has 4 heterocycles. The van der Waals surface area contributed by atoms with Crippen molar-refractivity contribution in [3.63, 3.8) is 0 Å². The van der Waals surface area contributed by atoms with E-state index in [-0.39, 0.29) is 39.3 Å². The molecule has 0 unspecified atom stereocenters. The van der Waals surface area contributed by atoms with Crippen LogP contribution in [0.2, 0.25) is 0 Å². The first-order valence-corrected chi connectivity index (χ1v) is 27.9. The summed E-state index contributed by atoms with van der Waals surface area (Å²) in [5, 5.41) is 5.02. The first-order chi connectivity index (χ1) is 34.1. The Morgan fingerprint density at radius 3 is 1.71 bits per heavy atom. The minimum atomic E-state index is -0.154. The number of nitrogens with zero attached hydrogens (tertiary/aromatic N) is 2. The molecule has 0 fully saturated rings. The lowest BCUT2D eigenvalue weighted by Gasteiger charge is -2.49. The molecule has 0 saturated heterocycles. The molecule has 72 heavy (non-hydrogen) atoms. The predicted molar refractivity (Wildman–Crippen MR) is 311 cm³/mol. The summed E-state index contributed by atoms with van der Waals surface area (Å²) in [6, 6.07) is 43.6. The second kappa shape index (κ2) is 14.3. The third-order valence-electron chi connectivity index (χ3n) is 19.5. The van der Waals surface area contributed by atoms with Crippen LogP contribution in [0.4, 0.5) is 28.4 Å². The Morgan fingerprint density at radius 1 is 0.486 bits per heavy atom. The average Bonchev–Trinajstić information content (AvgIpc) is 3.92. The summed E-state index contributed by atoms with van der Waals surface area (Å²) in [7, 11) is 0. The van der Waals surface area contributed by atoms with Crippen molar-refractivity contribution in [1.82, 2.24) is 0 Å². The second-order valence-electron chi connectivity index (χ2n) is 26.9. The Kier molecular flexibility index (Phi) is 8.91. The highest BCUT2D eigenvalue weighted by atomic mass is 32.1. The molecule has 0 amide bonds. The summed E-state index contributed by atoms with van der Waals surface area (Å²) in [4.78, 5) is 5.57. The van der Waals surface area contributed by atoms with Crippen LogP contribution in [0.1, 0.15) is 161 Å². The largest absolute Gasteiger partial charge is 0.455 e. The first kappa shape index (κ1) is 44.9. The number of rotatable bonds is 2. The molecule has 3 aliphatic carbocycles. The van der Waals surface area contributed by atoms with Gasteiger partial charge in [0.2, 0.25) is 0 Å². The number of anilines is 5. The summed E-state index contributed by atoms with van der Waals surface area (Å²) < 4.78 is 10.00. The van der Waals surface area contributed by atoms with Gasteiger partial charge in [0, 0.05) is 64.8 Å². The minimum absolute atomic E-state index is 0.00981. The van der Waals surface area contributed by atoms with Gasteiger partial charge >= 0.3 is 6.85 Å². The van der Waals surface area contributed by atoms with Crippen LogP contribution in [0, 0.1) is 6.92 Å². The molecular formula is C67H69BN2OS. The van der Waals surface area contributed by atoms with Crippen molar-refractivity contribution in [3.8, 4) is 11.1 Å². The van der Waals surface area contributed by atoms with E-state index >= 15 is 0 Å². The van der Waals surface area contributed by atoms with Crippen molar-refractivity contribution in [2.24, 2.45) is 0 Å². The van der Waals surface area contributed by atoms with E-state index in [9.17, 15) is 0 Å². The van der Waals surface area contributed by atoms with Crippen molar-refractivity contribution < 1.29 is 4.42 Å². The molecular weight excluding hydrogens is 892 g/mol. The number of hydrogen-bond acceptors (Lipinski definition) is 4. The van der Waals surface area contributed by atoms with E-state index in [1.807, 2.05) is 11.3 Å². The van der Waals surface area contributed by atoms with Gasteiger partial charge in [0.1, 0.15) is 11.2 Å². The smallest absolute Gasteiger partial charge is 0.333 e. The Morgan fingerprint density at radius 2 is 1.04 bits per heavy atom. The van der Waals surface area contributed by atoms with E-state index in [0.29, 0.717) is 0 Å². The maximum atomic E-state index is 7.34. The molecule has 0 bridgehead atoms. The van der Waals surface area contributed by atoms with Crippen LogP contribution >= 0.6 is 11.3 Å². The molecule has 0 N–H and O–H groups in total. The molecule has 0 atom stereocenters. The van der Waals surface area contributed by atoms with Crippen LogP contribution in [-0.2, 0) is 32.5 Å². The van der Waals surface area contributed by atoms with Crippen molar-refractivity contribution in [2.45, 2.75) is 161 Å². The van der Waals surface area contributed by atoms with E-state index in [2.05, 4.69) is 209 Å². The van der Waals surface area contributed by atoms with E-state index in [1.54, 1.807) is 0 Å². The van der Waals surface area contributed by atoms with Gasteiger partial charge in [-0.3, -0.25) is 0 Å². The van der Waals surface area contributed by atoms with Gasteiger partial charge in [-0.15, -0.1) is 11.3 Å².